The zero-order valence-corrected chi connectivity index (χ0v) is 21.9. The lowest BCUT2D eigenvalue weighted by Gasteiger charge is -2.08. The molecule has 194 valence electrons. The van der Waals surface area contributed by atoms with Gasteiger partial charge in [-0.05, 0) is 25.5 Å². The summed E-state index contributed by atoms with van der Waals surface area (Å²) in [5.74, 6) is 0.234. The standard InChI is InChI=1S/C29H49NO4/c1-3-4-5-6-7-8-9-10-11-12-13-14-15-16-17-18-28(31)30-23-24-33-29(32)25-34-27-21-19-26(2)20-22-27/h19-22H,3-18,23-25H2,1-2H3,(H,30,31). The first-order chi connectivity index (χ1) is 16.6. The van der Waals surface area contributed by atoms with Crippen LogP contribution in [0.2, 0.25) is 0 Å². The van der Waals surface area contributed by atoms with Crippen molar-refractivity contribution >= 4 is 11.9 Å². The van der Waals surface area contributed by atoms with Crippen LogP contribution in [0.1, 0.15) is 115 Å². The van der Waals surface area contributed by atoms with E-state index in [4.69, 9.17) is 9.47 Å². The average molecular weight is 476 g/mol. The van der Waals surface area contributed by atoms with E-state index in [1.165, 1.54) is 83.5 Å². The van der Waals surface area contributed by atoms with Gasteiger partial charge >= 0.3 is 5.97 Å². The Hall–Kier alpha value is -2.04. The Bertz CT molecular complexity index is 630. The molecule has 0 spiro atoms. The summed E-state index contributed by atoms with van der Waals surface area (Å²) in [6, 6.07) is 7.49. The predicted octanol–water partition coefficient (Wildman–Crippen LogP) is 7.29. The minimum absolute atomic E-state index is 0.0293. The van der Waals surface area contributed by atoms with Gasteiger partial charge in [-0.15, -0.1) is 0 Å². The Kier molecular flexibility index (Phi) is 19.0. The van der Waals surface area contributed by atoms with Gasteiger partial charge in [0, 0.05) is 6.42 Å². The highest BCUT2D eigenvalue weighted by Crippen LogP contribution is 2.14. The minimum Gasteiger partial charge on any atom is -0.482 e. The number of aryl methyl sites for hydroxylation is 1. The lowest BCUT2D eigenvalue weighted by Crippen LogP contribution is -2.28. The monoisotopic (exact) mass is 475 g/mol. The van der Waals surface area contributed by atoms with Crippen molar-refractivity contribution in [2.24, 2.45) is 0 Å². The largest absolute Gasteiger partial charge is 0.482 e. The van der Waals surface area contributed by atoms with E-state index in [0.29, 0.717) is 18.7 Å². The third-order valence-electron chi connectivity index (χ3n) is 6.07. The van der Waals surface area contributed by atoms with Crippen molar-refractivity contribution in [1.29, 1.82) is 0 Å². The zero-order valence-electron chi connectivity index (χ0n) is 21.9. The fourth-order valence-corrected chi connectivity index (χ4v) is 3.92. The summed E-state index contributed by atoms with van der Waals surface area (Å²) in [4.78, 5) is 23.6. The number of carbonyl (C=O) groups excluding carboxylic acids is 2. The number of esters is 1. The lowest BCUT2D eigenvalue weighted by molar-refractivity contribution is -0.146. The van der Waals surface area contributed by atoms with Crippen molar-refractivity contribution in [2.45, 2.75) is 117 Å². The van der Waals surface area contributed by atoms with Crippen LogP contribution in [0, 0.1) is 6.92 Å². The number of hydrogen-bond acceptors (Lipinski definition) is 4. The molecule has 0 fully saturated rings. The normalized spacial score (nSPS) is 10.8. The van der Waals surface area contributed by atoms with Crippen LogP contribution in [0.3, 0.4) is 0 Å². The average Bonchev–Trinajstić information content (AvgIpc) is 2.84. The number of amides is 1. The smallest absolute Gasteiger partial charge is 0.344 e. The Balaban J connectivity index is 1.81. The van der Waals surface area contributed by atoms with Crippen LogP contribution in [-0.4, -0.2) is 31.6 Å². The molecule has 5 nitrogen and oxygen atoms in total. The molecule has 0 aliphatic heterocycles. The van der Waals surface area contributed by atoms with Crippen molar-refractivity contribution in [3.05, 3.63) is 29.8 Å². The molecule has 0 aliphatic rings. The molecule has 1 aromatic carbocycles. The fraction of sp³-hybridized carbons (Fsp3) is 0.724. The molecular formula is C29H49NO4. The summed E-state index contributed by atoms with van der Waals surface area (Å²) in [7, 11) is 0. The topological polar surface area (TPSA) is 64.6 Å². The van der Waals surface area contributed by atoms with E-state index in [1.807, 2.05) is 31.2 Å². The second-order valence-corrected chi connectivity index (χ2v) is 9.37. The summed E-state index contributed by atoms with van der Waals surface area (Å²) in [5.41, 5.74) is 1.13. The van der Waals surface area contributed by atoms with Gasteiger partial charge in [-0.25, -0.2) is 4.79 Å². The molecule has 1 amide bonds. The molecule has 0 aromatic heterocycles. The highest BCUT2D eigenvalue weighted by Gasteiger charge is 2.05. The van der Waals surface area contributed by atoms with Crippen molar-refractivity contribution in [2.75, 3.05) is 19.8 Å². The SMILES string of the molecule is CCCCCCCCCCCCCCCCCC(=O)NCCOC(=O)COc1ccc(C)cc1. The number of carbonyl (C=O) groups is 2. The molecule has 34 heavy (non-hydrogen) atoms. The second-order valence-electron chi connectivity index (χ2n) is 9.37. The van der Waals surface area contributed by atoms with Crippen LogP contribution in [-0.2, 0) is 14.3 Å². The van der Waals surface area contributed by atoms with Crippen LogP contribution in [0.15, 0.2) is 24.3 Å². The van der Waals surface area contributed by atoms with Gasteiger partial charge in [0.15, 0.2) is 6.61 Å². The van der Waals surface area contributed by atoms with Gasteiger partial charge in [0.2, 0.25) is 5.91 Å². The molecular weight excluding hydrogens is 426 g/mol. The van der Waals surface area contributed by atoms with E-state index in [1.54, 1.807) is 0 Å². The Morgan fingerprint density at radius 2 is 1.24 bits per heavy atom. The highest BCUT2D eigenvalue weighted by molar-refractivity contribution is 5.75. The van der Waals surface area contributed by atoms with Crippen LogP contribution in [0.25, 0.3) is 0 Å². The third-order valence-corrected chi connectivity index (χ3v) is 6.07. The van der Waals surface area contributed by atoms with Gasteiger partial charge < -0.3 is 14.8 Å². The number of benzene rings is 1. The van der Waals surface area contributed by atoms with Crippen LogP contribution in [0.4, 0.5) is 0 Å². The summed E-state index contributed by atoms with van der Waals surface area (Å²) in [6.45, 7) is 4.64. The van der Waals surface area contributed by atoms with Crippen LogP contribution in [0.5, 0.6) is 5.75 Å². The summed E-state index contributed by atoms with van der Waals surface area (Å²) >= 11 is 0. The quantitative estimate of drug-likeness (QED) is 0.141. The first kappa shape index (κ1) is 30.0. The van der Waals surface area contributed by atoms with Crippen LogP contribution >= 0.6 is 0 Å². The van der Waals surface area contributed by atoms with Gasteiger partial charge in [-0.3, -0.25) is 4.79 Å². The van der Waals surface area contributed by atoms with E-state index < -0.39 is 5.97 Å². The van der Waals surface area contributed by atoms with E-state index >= 15 is 0 Å². The van der Waals surface area contributed by atoms with Gasteiger partial charge in [-0.1, -0.05) is 115 Å². The zero-order chi connectivity index (χ0) is 24.7. The Labute approximate surface area is 208 Å². The van der Waals surface area contributed by atoms with Crippen molar-refractivity contribution in [3.63, 3.8) is 0 Å². The van der Waals surface area contributed by atoms with E-state index in [-0.39, 0.29) is 19.1 Å². The molecule has 0 saturated carbocycles. The molecule has 1 aromatic rings. The number of ether oxygens (including phenoxy) is 2. The first-order valence-corrected chi connectivity index (χ1v) is 13.7. The van der Waals surface area contributed by atoms with Gasteiger partial charge in [-0.2, -0.15) is 0 Å². The molecule has 0 radical (unpaired) electrons. The fourth-order valence-electron chi connectivity index (χ4n) is 3.92. The maximum atomic E-state index is 11.9. The summed E-state index contributed by atoms with van der Waals surface area (Å²) < 4.78 is 10.5. The van der Waals surface area contributed by atoms with E-state index in [2.05, 4.69) is 12.2 Å². The molecule has 0 saturated heterocycles. The van der Waals surface area contributed by atoms with Gasteiger partial charge in [0.05, 0.1) is 6.54 Å². The van der Waals surface area contributed by atoms with Gasteiger partial charge in [0.1, 0.15) is 12.4 Å². The molecule has 0 heterocycles. The number of rotatable bonds is 22. The lowest BCUT2D eigenvalue weighted by atomic mass is 10.0. The Morgan fingerprint density at radius 1 is 0.735 bits per heavy atom. The molecule has 0 aliphatic carbocycles. The second kappa shape index (κ2) is 21.5. The van der Waals surface area contributed by atoms with Crippen molar-refractivity contribution in [1.82, 2.24) is 5.32 Å². The maximum absolute atomic E-state index is 11.9. The molecule has 1 rings (SSSR count). The third kappa shape index (κ3) is 18.4. The van der Waals surface area contributed by atoms with E-state index in [9.17, 15) is 9.59 Å². The maximum Gasteiger partial charge on any atom is 0.344 e. The van der Waals surface area contributed by atoms with Crippen molar-refractivity contribution in [3.8, 4) is 5.75 Å². The van der Waals surface area contributed by atoms with Crippen molar-refractivity contribution < 1.29 is 19.1 Å². The number of nitrogens with one attached hydrogen (secondary N) is 1. The summed E-state index contributed by atoms with van der Waals surface area (Å²) in [5, 5.41) is 2.81. The Morgan fingerprint density at radius 3 is 1.76 bits per heavy atom. The predicted molar refractivity (Wildman–Crippen MR) is 140 cm³/mol. The number of unbranched alkanes of at least 4 members (excludes halogenated alkanes) is 14. The molecule has 5 heteroatoms. The highest BCUT2D eigenvalue weighted by atomic mass is 16.6. The first-order valence-electron chi connectivity index (χ1n) is 13.7. The van der Waals surface area contributed by atoms with E-state index in [0.717, 1.165) is 18.4 Å². The number of hydrogen-bond donors (Lipinski definition) is 1. The minimum atomic E-state index is -0.433. The molecule has 0 atom stereocenters. The van der Waals surface area contributed by atoms with Crippen LogP contribution < -0.4 is 10.1 Å². The molecule has 0 unspecified atom stereocenters. The molecule has 1 N–H and O–H groups in total. The molecule has 0 bridgehead atoms. The summed E-state index contributed by atoms with van der Waals surface area (Å²) in [6.07, 6.45) is 20.3. The van der Waals surface area contributed by atoms with Gasteiger partial charge in [0.25, 0.3) is 0 Å².